The van der Waals surface area contributed by atoms with Crippen molar-refractivity contribution in [3.8, 4) is 6.07 Å². The van der Waals surface area contributed by atoms with E-state index in [9.17, 15) is 8.42 Å². The van der Waals surface area contributed by atoms with Gasteiger partial charge in [0, 0.05) is 24.4 Å². The molecule has 1 atom stereocenters. The fourth-order valence-electron chi connectivity index (χ4n) is 1.02. The van der Waals surface area contributed by atoms with E-state index in [4.69, 9.17) is 5.26 Å². The Kier molecular flexibility index (Phi) is 2.84. The lowest BCUT2D eigenvalue weighted by Crippen LogP contribution is -2.30. The summed E-state index contributed by atoms with van der Waals surface area (Å²) in [6.45, 7) is 0.543. The van der Waals surface area contributed by atoms with Gasteiger partial charge in [-0.05, 0) is 0 Å². The number of rotatable bonds is 3. The molecular weight excluding hydrogens is 176 g/mol. The highest BCUT2D eigenvalue weighted by Gasteiger charge is 2.20. The molecule has 0 aliphatic carbocycles. The number of hydrogen-bond donors (Lipinski definition) is 1. The average molecular weight is 186 g/mol. The van der Waals surface area contributed by atoms with Crippen LogP contribution in [0.5, 0.6) is 0 Å². The normalized spacial score (nSPS) is 25.4. The smallest absolute Gasteiger partial charge is 0.173 e. The van der Waals surface area contributed by atoms with Gasteiger partial charge in [-0.1, -0.05) is 6.08 Å². The van der Waals surface area contributed by atoms with Gasteiger partial charge < -0.3 is 5.32 Å². The Hall–Kier alpha value is -0.860. The van der Waals surface area contributed by atoms with Crippen molar-refractivity contribution in [2.75, 3.05) is 12.3 Å². The molecular formula is C7H10N2O2S. The topological polar surface area (TPSA) is 70.0 Å². The summed E-state index contributed by atoms with van der Waals surface area (Å²) >= 11 is 0. The molecule has 0 saturated heterocycles. The van der Waals surface area contributed by atoms with Gasteiger partial charge in [-0.15, -0.1) is 0 Å². The van der Waals surface area contributed by atoms with Gasteiger partial charge >= 0.3 is 0 Å². The van der Waals surface area contributed by atoms with E-state index in [2.05, 4.69) is 5.32 Å². The zero-order valence-corrected chi connectivity index (χ0v) is 7.34. The molecule has 0 aromatic heterocycles. The van der Waals surface area contributed by atoms with Gasteiger partial charge in [-0.2, -0.15) is 5.26 Å². The monoisotopic (exact) mass is 186 g/mol. The van der Waals surface area contributed by atoms with Crippen LogP contribution in [0.4, 0.5) is 0 Å². The van der Waals surface area contributed by atoms with Gasteiger partial charge in [0.05, 0.1) is 11.8 Å². The van der Waals surface area contributed by atoms with Crippen LogP contribution in [-0.2, 0) is 9.84 Å². The summed E-state index contributed by atoms with van der Waals surface area (Å²) in [6.07, 6.45) is 2.02. The lowest BCUT2D eigenvalue weighted by atomic mass is 10.3. The lowest BCUT2D eigenvalue weighted by Gasteiger charge is -2.06. The van der Waals surface area contributed by atoms with E-state index in [1.807, 2.05) is 6.07 Å². The van der Waals surface area contributed by atoms with Crippen LogP contribution in [-0.4, -0.2) is 26.8 Å². The largest absolute Gasteiger partial charge is 0.309 e. The summed E-state index contributed by atoms with van der Waals surface area (Å²) in [5.74, 6) is 0.123. The maximum absolute atomic E-state index is 10.9. The maximum Gasteiger partial charge on any atom is 0.173 e. The predicted molar refractivity (Wildman–Crippen MR) is 44.9 cm³/mol. The Morgan fingerprint density at radius 3 is 2.92 bits per heavy atom. The molecule has 66 valence electrons. The Morgan fingerprint density at radius 2 is 2.42 bits per heavy atom. The molecule has 1 rings (SSSR count). The SMILES string of the molecule is N#CCCNC1C=CS(=O)(=O)C1. The van der Waals surface area contributed by atoms with Crippen LogP contribution in [0.1, 0.15) is 6.42 Å². The van der Waals surface area contributed by atoms with Crippen molar-refractivity contribution in [2.45, 2.75) is 12.5 Å². The third-order valence-electron chi connectivity index (χ3n) is 1.57. The summed E-state index contributed by atoms with van der Waals surface area (Å²) in [4.78, 5) is 0. The first-order chi connectivity index (χ1) is 5.64. The van der Waals surface area contributed by atoms with Gasteiger partial charge in [-0.3, -0.25) is 0 Å². The van der Waals surface area contributed by atoms with Crippen LogP contribution in [0, 0.1) is 11.3 Å². The molecule has 0 aromatic rings. The molecule has 0 spiro atoms. The molecule has 5 heteroatoms. The highest BCUT2D eigenvalue weighted by atomic mass is 32.2. The molecule has 1 unspecified atom stereocenters. The van der Waals surface area contributed by atoms with Gasteiger partial charge in [0.1, 0.15) is 0 Å². The molecule has 0 bridgehead atoms. The van der Waals surface area contributed by atoms with E-state index < -0.39 is 9.84 Å². The number of hydrogen-bond acceptors (Lipinski definition) is 4. The van der Waals surface area contributed by atoms with Crippen molar-refractivity contribution in [3.05, 3.63) is 11.5 Å². The zero-order valence-electron chi connectivity index (χ0n) is 6.53. The first-order valence-electron chi connectivity index (χ1n) is 3.65. The van der Waals surface area contributed by atoms with Crippen molar-refractivity contribution in [1.29, 1.82) is 5.26 Å². The standard InChI is InChI=1S/C7H10N2O2S/c8-3-1-4-9-7-2-5-12(10,11)6-7/h2,5,7,9H,1,4,6H2. The maximum atomic E-state index is 10.9. The van der Waals surface area contributed by atoms with Crippen molar-refractivity contribution >= 4 is 9.84 Å². The van der Waals surface area contributed by atoms with Crippen LogP contribution < -0.4 is 5.32 Å². The molecule has 1 N–H and O–H groups in total. The van der Waals surface area contributed by atoms with Crippen LogP contribution in [0.2, 0.25) is 0 Å². The van der Waals surface area contributed by atoms with E-state index in [0.29, 0.717) is 13.0 Å². The van der Waals surface area contributed by atoms with E-state index in [-0.39, 0.29) is 11.8 Å². The van der Waals surface area contributed by atoms with Crippen LogP contribution in [0.15, 0.2) is 11.5 Å². The molecule has 0 radical (unpaired) electrons. The van der Waals surface area contributed by atoms with Crippen molar-refractivity contribution in [3.63, 3.8) is 0 Å². The fourth-order valence-corrected chi connectivity index (χ4v) is 2.29. The molecule has 1 aliphatic heterocycles. The van der Waals surface area contributed by atoms with Crippen molar-refractivity contribution in [2.24, 2.45) is 0 Å². The van der Waals surface area contributed by atoms with Gasteiger partial charge in [0.2, 0.25) is 0 Å². The first-order valence-corrected chi connectivity index (χ1v) is 5.37. The van der Waals surface area contributed by atoms with E-state index in [1.54, 1.807) is 6.08 Å². The van der Waals surface area contributed by atoms with Crippen LogP contribution in [0.3, 0.4) is 0 Å². The number of sulfone groups is 1. The number of nitrogens with one attached hydrogen (secondary N) is 1. The second kappa shape index (κ2) is 3.70. The average Bonchev–Trinajstić information content (AvgIpc) is 2.31. The fraction of sp³-hybridized carbons (Fsp3) is 0.571. The molecule has 1 aliphatic rings. The van der Waals surface area contributed by atoms with Gasteiger partial charge in [0.15, 0.2) is 9.84 Å². The molecule has 12 heavy (non-hydrogen) atoms. The Labute approximate surface area is 71.8 Å². The highest BCUT2D eigenvalue weighted by molar-refractivity contribution is 7.94. The predicted octanol–water partition coefficient (Wildman–Crippen LogP) is -0.200. The van der Waals surface area contributed by atoms with Gasteiger partial charge in [0.25, 0.3) is 0 Å². The molecule has 0 amide bonds. The molecule has 0 aromatic carbocycles. The summed E-state index contributed by atoms with van der Waals surface area (Å²) in [7, 11) is -2.96. The minimum Gasteiger partial charge on any atom is -0.309 e. The van der Waals surface area contributed by atoms with E-state index in [0.717, 1.165) is 0 Å². The van der Waals surface area contributed by atoms with Gasteiger partial charge in [-0.25, -0.2) is 8.42 Å². The Bertz CT molecular complexity index is 313. The van der Waals surface area contributed by atoms with Crippen molar-refractivity contribution in [1.82, 2.24) is 5.32 Å². The highest BCUT2D eigenvalue weighted by Crippen LogP contribution is 2.07. The third kappa shape index (κ3) is 2.64. The molecule has 4 nitrogen and oxygen atoms in total. The number of nitrogens with zero attached hydrogens (tertiary/aromatic N) is 1. The second-order valence-corrected chi connectivity index (χ2v) is 4.56. The molecule has 0 saturated carbocycles. The van der Waals surface area contributed by atoms with E-state index >= 15 is 0 Å². The quantitative estimate of drug-likeness (QED) is 0.620. The summed E-state index contributed by atoms with van der Waals surface area (Å²) < 4.78 is 21.8. The molecule has 1 heterocycles. The summed E-state index contributed by atoms with van der Waals surface area (Å²) in [5.41, 5.74) is 0. The number of nitriles is 1. The Morgan fingerprint density at radius 1 is 1.67 bits per heavy atom. The lowest BCUT2D eigenvalue weighted by molar-refractivity contribution is 0.592. The van der Waals surface area contributed by atoms with Crippen LogP contribution in [0.25, 0.3) is 0 Å². The Balaban J connectivity index is 2.32. The second-order valence-electron chi connectivity index (χ2n) is 2.63. The zero-order chi connectivity index (χ0) is 9.03. The third-order valence-corrected chi connectivity index (χ3v) is 2.97. The molecule has 0 fully saturated rings. The first kappa shape index (κ1) is 9.23. The summed E-state index contributed by atoms with van der Waals surface area (Å²) in [6, 6.07) is 1.87. The van der Waals surface area contributed by atoms with Crippen molar-refractivity contribution < 1.29 is 8.42 Å². The van der Waals surface area contributed by atoms with Crippen LogP contribution >= 0.6 is 0 Å². The minimum absolute atomic E-state index is 0.108. The van der Waals surface area contributed by atoms with E-state index in [1.165, 1.54) is 5.41 Å². The minimum atomic E-state index is -2.96. The summed E-state index contributed by atoms with van der Waals surface area (Å²) in [5, 5.41) is 12.4.